The van der Waals surface area contributed by atoms with Crippen LogP contribution in [-0.2, 0) is 35.5 Å². The number of hydrogen-bond acceptors (Lipinski definition) is 16. The number of carboxylic acids is 1. The van der Waals surface area contributed by atoms with Crippen molar-refractivity contribution in [3.05, 3.63) is 97.5 Å². The average molecular weight is 1280 g/mol. The van der Waals surface area contributed by atoms with E-state index < -0.39 is 35.4 Å². The summed E-state index contributed by atoms with van der Waals surface area (Å²) in [6.07, 6.45) is 6.03. The Kier molecular flexibility index (Phi) is 31.1. The molecule has 1 aliphatic rings. The fourth-order valence-corrected chi connectivity index (χ4v) is 8.89. The smallest absolute Gasteiger partial charge is 0.442 e. The molecule has 0 radical (unpaired) electrons. The fourth-order valence-electron chi connectivity index (χ4n) is 7.12. The van der Waals surface area contributed by atoms with Gasteiger partial charge in [0.15, 0.2) is 12.2 Å². The van der Waals surface area contributed by atoms with Crippen LogP contribution >= 0.6 is 77.0 Å². The van der Waals surface area contributed by atoms with Crippen molar-refractivity contribution < 1.29 is 47.6 Å². The van der Waals surface area contributed by atoms with Gasteiger partial charge in [0.1, 0.15) is 36.6 Å². The largest absolute Gasteiger partial charge is 0.489 e. The van der Waals surface area contributed by atoms with Gasteiger partial charge < -0.3 is 54.8 Å². The number of alkyl halides is 3. The molecule has 6 N–H and O–H groups in total. The topological polar surface area (TPSA) is 280 Å². The number of carbonyl (C=O) groups excluding carboxylic acids is 2. The van der Waals surface area contributed by atoms with Crippen molar-refractivity contribution in [3.63, 3.8) is 0 Å². The summed E-state index contributed by atoms with van der Waals surface area (Å²) in [6, 6.07) is 15.5. The third-order valence-corrected chi connectivity index (χ3v) is 13.4. The lowest BCUT2D eigenvalue weighted by molar-refractivity contribution is -0.138. The minimum atomic E-state index is -3.10. The highest BCUT2D eigenvalue weighted by Crippen LogP contribution is 2.37. The van der Waals surface area contributed by atoms with E-state index in [0.717, 1.165) is 40.1 Å². The number of carboxylic acid groups (broad SMARTS) is 1. The number of hydrogen-bond donors (Lipinski definition) is 5. The summed E-state index contributed by atoms with van der Waals surface area (Å²) in [5.41, 5.74) is 8.92. The molecule has 0 aliphatic carbocycles. The van der Waals surface area contributed by atoms with Crippen LogP contribution in [0.2, 0.25) is 15.3 Å². The van der Waals surface area contributed by atoms with Crippen molar-refractivity contribution in [2.24, 2.45) is 5.73 Å². The Morgan fingerprint density at radius 2 is 1.66 bits per heavy atom. The number of nitrogens with one attached hydrogen (secondary N) is 2. The van der Waals surface area contributed by atoms with Crippen LogP contribution in [0.4, 0.5) is 23.3 Å². The molecule has 4 atom stereocenters. The molecule has 6 rings (SSSR count). The summed E-state index contributed by atoms with van der Waals surface area (Å²) < 4.78 is 32.9. The molecule has 3 heterocycles. The van der Waals surface area contributed by atoms with Gasteiger partial charge in [-0.1, -0.05) is 110 Å². The second-order valence-corrected chi connectivity index (χ2v) is 24.5. The van der Waals surface area contributed by atoms with Crippen LogP contribution in [-0.4, -0.2) is 134 Å². The molecule has 0 saturated heterocycles. The van der Waals surface area contributed by atoms with Crippen LogP contribution in [0.5, 0.6) is 11.5 Å². The first kappa shape index (κ1) is 72.7. The number of nitrogens with two attached hydrogens (primary N) is 1. The number of halogens is 6. The first-order valence-corrected chi connectivity index (χ1v) is 30.3. The zero-order chi connectivity index (χ0) is 62.2. The number of terminal acetylenes is 1. The lowest BCUT2D eigenvalue weighted by Gasteiger charge is -2.35. The third-order valence-electron chi connectivity index (χ3n) is 10.9. The van der Waals surface area contributed by atoms with Gasteiger partial charge in [0, 0.05) is 44.0 Å². The number of carbonyl (C=O) groups is 3. The average Bonchev–Trinajstić information content (AvgIpc) is 3.85. The van der Waals surface area contributed by atoms with Crippen LogP contribution < -0.4 is 41.4 Å². The van der Waals surface area contributed by atoms with Gasteiger partial charge in [-0.25, -0.2) is 4.79 Å². The van der Waals surface area contributed by atoms with Gasteiger partial charge in [0.2, 0.25) is 29.0 Å². The second-order valence-electron chi connectivity index (χ2n) is 19.4. The molecule has 82 heavy (non-hydrogen) atoms. The minimum Gasteiger partial charge on any atom is -0.489 e. The monoisotopic (exact) mass is 1280 g/mol. The first-order chi connectivity index (χ1) is 38.3. The van der Waals surface area contributed by atoms with Crippen molar-refractivity contribution in [2.75, 3.05) is 72.6 Å². The number of nitrogens with zero attached hydrogens (tertiary/aromatic N) is 7. The quantitative estimate of drug-likeness (QED) is 0.0310. The zero-order valence-corrected chi connectivity index (χ0v) is 53.2. The number of anilines is 4. The van der Waals surface area contributed by atoms with Crippen LogP contribution in [0.1, 0.15) is 85.8 Å². The van der Waals surface area contributed by atoms with E-state index in [4.69, 9.17) is 110 Å². The molecule has 2 amide bonds. The molecule has 0 spiro atoms. The van der Waals surface area contributed by atoms with Crippen LogP contribution in [0, 0.1) is 19.3 Å². The molecular weight excluding hydrogens is 1210 g/mol. The zero-order valence-electron chi connectivity index (χ0n) is 47.8. The maximum atomic E-state index is 12.2. The molecule has 5 aromatic rings. The molecule has 1 aliphatic heterocycles. The number of rotatable bonds is 18. The summed E-state index contributed by atoms with van der Waals surface area (Å²) in [7, 11) is -1.47. The predicted molar refractivity (Wildman–Crippen MR) is 328 cm³/mol. The Hall–Kier alpha value is -5.37. The number of aryl methyl sites for hydroxylation is 2. The number of methoxy groups -OCH3 is 1. The van der Waals surface area contributed by atoms with E-state index in [0.29, 0.717) is 48.2 Å². The standard InChI is InChI=1S/C15H14Cl2N2O3.C15H22ClNO2.C11H11Cl2NO2.C8H14ClN5.C5H12NO4P/c1-5-6-21-12-8-11(9(16)7-10(12)17)19-14(20)22-13(18-19)15(2,3)4;1-5-13-8-6-7-11(2)15(13)17(14(18)9-16)12(3)10-19-4;1-7-6-16-9-5-3-2-4-8(9)14(7)11(15)10(12)13;1-4-10-7-12-6(9)13-8(14-7)11-5(2)3;1-11(9,10)3-2-4(6)5(7)8/h1,7-8H,6H2,2-4H3;6-8,12H,5,9-10H2,1-4H3;2-5,7,10H,6H2,1H3;5H,4H2,1-3H3,(H2,10,11,12,13,14);4H,2-3,6H2,1H3,(H,7,8)(H,9,10). The molecule has 0 saturated carbocycles. The molecule has 0 fully saturated rings. The molecule has 28 heteroatoms. The molecular formula is C54H73Cl6N10O11P. The molecule has 0 bridgehead atoms. The normalized spacial score (nSPS) is 13.9. The van der Waals surface area contributed by atoms with E-state index in [1.165, 1.54) is 18.8 Å². The predicted octanol–water partition coefficient (Wildman–Crippen LogP) is 10.7. The SMILES string of the molecule is C#CCOc1cc(-n2nc(C(C)(C)C)oc2=O)c(Cl)cc1Cl.CC1COc2ccccc2N1C(=O)C(Cl)Cl.CCNc1nc(Cl)nc(NC(C)C)n1.CCc1cccc(C)c1N(C(=O)CCl)C(C)COC.CP(=O)(O)CCC(N)C(=O)O. The van der Waals surface area contributed by atoms with E-state index in [1.54, 1.807) is 16.9 Å². The number of amides is 2. The Morgan fingerprint density at radius 1 is 1.01 bits per heavy atom. The highest BCUT2D eigenvalue weighted by Gasteiger charge is 2.32. The molecule has 4 unspecified atom stereocenters. The van der Waals surface area contributed by atoms with Crippen molar-refractivity contribution in [2.45, 2.75) is 116 Å². The Morgan fingerprint density at radius 3 is 2.20 bits per heavy atom. The number of ether oxygens (including phenoxy) is 3. The summed E-state index contributed by atoms with van der Waals surface area (Å²) in [6.45, 7) is 22.5. The highest BCUT2D eigenvalue weighted by molar-refractivity contribution is 7.57. The van der Waals surface area contributed by atoms with Gasteiger partial charge in [0.25, 0.3) is 5.91 Å². The van der Waals surface area contributed by atoms with E-state index in [1.807, 2.05) is 98.7 Å². The van der Waals surface area contributed by atoms with E-state index in [-0.39, 0.29) is 70.3 Å². The van der Waals surface area contributed by atoms with Crippen molar-refractivity contribution in [1.82, 2.24) is 24.7 Å². The van der Waals surface area contributed by atoms with E-state index in [9.17, 15) is 23.7 Å². The van der Waals surface area contributed by atoms with Crippen molar-refractivity contribution >= 4 is 118 Å². The van der Waals surface area contributed by atoms with Gasteiger partial charge in [0.05, 0.1) is 45.8 Å². The minimum absolute atomic E-state index is 0.0223. The van der Waals surface area contributed by atoms with Crippen molar-refractivity contribution in [3.8, 4) is 29.5 Å². The van der Waals surface area contributed by atoms with Gasteiger partial charge in [-0.05, 0) is 95.3 Å². The highest BCUT2D eigenvalue weighted by atomic mass is 35.5. The van der Waals surface area contributed by atoms with Crippen molar-refractivity contribution in [1.29, 1.82) is 0 Å². The number of benzene rings is 3. The van der Waals surface area contributed by atoms with Gasteiger partial charge in [-0.2, -0.15) is 19.6 Å². The Labute approximate surface area is 509 Å². The molecule has 452 valence electrons. The number of aliphatic carboxylic acids is 1. The third kappa shape index (κ3) is 23.7. The summed E-state index contributed by atoms with van der Waals surface area (Å²) in [4.78, 5) is 69.3. The lowest BCUT2D eigenvalue weighted by atomic mass is 9.97. The molecule has 2 aromatic heterocycles. The Bertz CT molecular complexity index is 3020. The van der Waals surface area contributed by atoms with Gasteiger partial charge >= 0.3 is 11.7 Å². The second kappa shape index (κ2) is 35.0. The fraction of sp³-hybridized carbons (Fsp3) is 0.481. The number of para-hydroxylation sites is 3. The van der Waals surface area contributed by atoms with Gasteiger partial charge in [-0.3, -0.25) is 18.9 Å². The Balaban J connectivity index is 0.000000357. The van der Waals surface area contributed by atoms with E-state index >= 15 is 0 Å². The van der Waals surface area contributed by atoms with Crippen LogP contribution in [0.25, 0.3) is 5.69 Å². The summed E-state index contributed by atoms with van der Waals surface area (Å²) in [5.74, 6) is 2.42. The number of fused-ring (bicyclic) bond motifs is 1. The van der Waals surface area contributed by atoms with Crippen LogP contribution in [0.3, 0.4) is 0 Å². The number of aromatic nitrogens is 5. The molecule has 3 aromatic carbocycles. The summed E-state index contributed by atoms with van der Waals surface area (Å²) >= 11 is 34.9. The maximum Gasteiger partial charge on any atom is 0.442 e. The molecule has 21 nitrogen and oxygen atoms in total. The van der Waals surface area contributed by atoms with Gasteiger partial charge in [-0.15, -0.1) is 23.1 Å². The maximum absolute atomic E-state index is 12.2. The van der Waals surface area contributed by atoms with E-state index in [2.05, 4.69) is 49.6 Å². The van der Waals surface area contributed by atoms with Crippen LogP contribution in [0.15, 0.2) is 63.8 Å². The first-order valence-electron chi connectivity index (χ1n) is 25.5. The summed E-state index contributed by atoms with van der Waals surface area (Å²) in [5, 5.41) is 19.2. The lowest BCUT2D eigenvalue weighted by Crippen LogP contribution is -2.47.